The molecular weight excluding hydrogens is 926 g/mol. The van der Waals surface area contributed by atoms with Crippen LogP contribution in [0.15, 0.2) is 134 Å². The zero-order valence-electron chi connectivity index (χ0n) is 37.3. The van der Waals surface area contributed by atoms with E-state index in [-0.39, 0.29) is 43.1 Å². The number of imidazole rings is 1. The van der Waals surface area contributed by atoms with Gasteiger partial charge in [0.1, 0.15) is 11.6 Å². The number of pyridine rings is 1. The average molecular weight is 982 g/mol. The third-order valence-corrected chi connectivity index (χ3v) is 11.7. The van der Waals surface area contributed by atoms with E-state index in [9.17, 15) is 5.11 Å². The van der Waals surface area contributed by atoms with Crippen LogP contribution in [-0.2, 0) is 37.3 Å². The Bertz CT molecular complexity index is 2880. The van der Waals surface area contributed by atoms with Crippen LogP contribution in [0.3, 0.4) is 0 Å². The second kappa shape index (κ2) is 16.4. The first-order valence-electron chi connectivity index (χ1n) is 21.0. The number of hydrogen-bond donors (Lipinski definition) is 1. The van der Waals surface area contributed by atoms with Gasteiger partial charge in [-0.05, 0) is 99.4 Å². The van der Waals surface area contributed by atoms with Crippen LogP contribution in [0.25, 0.3) is 72.7 Å². The summed E-state index contributed by atoms with van der Waals surface area (Å²) in [4.78, 5) is 10.4. The van der Waals surface area contributed by atoms with Crippen molar-refractivity contribution in [2.45, 2.75) is 92.4 Å². The van der Waals surface area contributed by atoms with E-state index in [2.05, 4.69) is 195 Å². The first-order valence-corrected chi connectivity index (χ1v) is 21.0. The van der Waals surface area contributed by atoms with Crippen molar-refractivity contribution in [3.63, 3.8) is 0 Å². The van der Waals surface area contributed by atoms with E-state index in [0.29, 0.717) is 11.4 Å². The van der Waals surface area contributed by atoms with Gasteiger partial charge in [0.05, 0.1) is 22.3 Å². The van der Waals surface area contributed by atoms with E-state index < -0.39 is 0 Å². The molecule has 1 N–H and O–H groups in total. The molecule has 0 aliphatic rings. The maximum Gasteiger partial charge on any atom is 0.148 e. The molecule has 0 saturated carbocycles. The van der Waals surface area contributed by atoms with Crippen molar-refractivity contribution in [3.05, 3.63) is 167 Å². The molecule has 0 fully saturated rings. The summed E-state index contributed by atoms with van der Waals surface area (Å²) in [6.45, 7) is 24.3. The molecule has 0 spiro atoms. The summed E-state index contributed by atoms with van der Waals surface area (Å²) in [5, 5.41) is 11.8. The number of nitrogens with zero attached hydrogens (tertiary/aromatic N) is 3. The summed E-state index contributed by atoms with van der Waals surface area (Å²) in [7, 11) is 0. The monoisotopic (exact) mass is 981 g/mol. The minimum absolute atomic E-state index is 0. The third-order valence-electron chi connectivity index (χ3n) is 11.7. The van der Waals surface area contributed by atoms with E-state index in [1.807, 2.05) is 25.3 Å². The van der Waals surface area contributed by atoms with Gasteiger partial charge in [0.15, 0.2) is 0 Å². The Labute approximate surface area is 377 Å². The van der Waals surface area contributed by atoms with Crippen molar-refractivity contribution in [3.8, 4) is 67.5 Å². The molecular formula is C56H56N3OPt-. The van der Waals surface area contributed by atoms with Crippen molar-refractivity contribution < 1.29 is 26.2 Å². The Balaban J connectivity index is 0.00000561. The minimum atomic E-state index is -0.151. The number of aryl methyl sites for hydroxylation is 2. The molecule has 2 aromatic heterocycles. The van der Waals surface area contributed by atoms with E-state index in [1.165, 1.54) is 16.7 Å². The van der Waals surface area contributed by atoms with E-state index in [4.69, 9.17) is 9.97 Å². The van der Waals surface area contributed by atoms with Gasteiger partial charge >= 0.3 is 0 Å². The van der Waals surface area contributed by atoms with Gasteiger partial charge in [-0.1, -0.05) is 158 Å². The summed E-state index contributed by atoms with van der Waals surface area (Å²) in [6.07, 6.45) is 1.90. The first kappa shape index (κ1) is 43.5. The quantitative estimate of drug-likeness (QED) is 0.169. The summed E-state index contributed by atoms with van der Waals surface area (Å²) in [5.41, 5.74) is 17.1. The molecule has 0 saturated heterocycles. The van der Waals surface area contributed by atoms with Gasteiger partial charge in [0, 0.05) is 38.5 Å². The number of aromatic nitrogens is 3. The minimum Gasteiger partial charge on any atom is -0.507 e. The molecule has 0 aliphatic heterocycles. The number of rotatable bonds is 6. The number of aromatic hydroxyl groups is 1. The zero-order valence-corrected chi connectivity index (χ0v) is 39.6. The number of phenols is 1. The smallest absolute Gasteiger partial charge is 0.148 e. The van der Waals surface area contributed by atoms with Crippen LogP contribution in [0.1, 0.15) is 90.1 Å². The van der Waals surface area contributed by atoms with Gasteiger partial charge in [-0.3, -0.25) is 9.55 Å². The van der Waals surface area contributed by atoms with E-state index in [0.717, 1.165) is 72.5 Å². The summed E-state index contributed by atoms with van der Waals surface area (Å²) in [5.74, 6) is 0.912. The molecule has 0 unspecified atom stereocenters. The van der Waals surface area contributed by atoms with Crippen LogP contribution >= 0.6 is 0 Å². The van der Waals surface area contributed by atoms with Crippen molar-refractivity contribution >= 4 is 11.0 Å². The predicted molar refractivity (Wildman–Crippen MR) is 252 cm³/mol. The molecule has 312 valence electrons. The molecule has 0 radical (unpaired) electrons. The fraction of sp³-hybridized carbons (Fsp3) is 0.250. The summed E-state index contributed by atoms with van der Waals surface area (Å²) < 4.78 is 2.24. The largest absolute Gasteiger partial charge is 0.507 e. The molecule has 8 aromatic rings. The Morgan fingerprint density at radius 1 is 0.541 bits per heavy atom. The van der Waals surface area contributed by atoms with Crippen LogP contribution in [0.5, 0.6) is 5.75 Å². The normalized spacial score (nSPS) is 12.1. The Kier molecular flexibility index (Phi) is 11.7. The number of hydrogen-bond acceptors (Lipinski definition) is 3. The molecule has 4 nitrogen and oxygen atoms in total. The second-order valence-electron chi connectivity index (χ2n) is 19.5. The third kappa shape index (κ3) is 8.66. The van der Waals surface area contributed by atoms with Crippen molar-refractivity contribution in [1.82, 2.24) is 14.5 Å². The summed E-state index contributed by atoms with van der Waals surface area (Å²) >= 11 is 0. The van der Waals surface area contributed by atoms with Gasteiger partial charge < -0.3 is 5.11 Å². The molecule has 0 atom stereocenters. The van der Waals surface area contributed by atoms with Crippen LogP contribution in [0.2, 0.25) is 0 Å². The molecule has 5 heteroatoms. The zero-order chi connectivity index (χ0) is 42.7. The predicted octanol–water partition coefficient (Wildman–Crippen LogP) is 14.8. The van der Waals surface area contributed by atoms with Crippen molar-refractivity contribution in [1.29, 1.82) is 0 Å². The second-order valence-corrected chi connectivity index (χ2v) is 19.5. The molecule has 8 rings (SSSR count). The average Bonchev–Trinajstić information content (AvgIpc) is 3.60. The fourth-order valence-corrected chi connectivity index (χ4v) is 8.12. The van der Waals surface area contributed by atoms with E-state index >= 15 is 0 Å². The van der Waals surface area contributed by atoms with Gasteiger partial charge in [-0.2, -0.15) is 0 Å². The number of benzene rings is 6. The van der Waals surface area contributed by atoms with E-state index in [1.54, 1.807) is 0 Å². The van der Waals surface area contributed by atoms with Gasteiger partial charge in [-0.15, -0.1) is 29.3 Å². The molecule has 0 bridgehead atoms. The van der Waals surface area contributed by atoms with Crippen LogP contribution in [0.4, 0.5) is 0 Å². The molecule has 6 aromatic carbocycles. The van der Waals surface area contributed by atoms with Crippen molar-refractivity contribution in [2.75, 3.05) is 0 Å². The number of fused-ring (bicyclic) bond motifs is 1. The number of phenolic OH excluding ortho intramolecular Hbond substituents is 1. The molecule has 0 amide bonds. The fourth-order valence-electron chi connectivity index (χ4n) is 8.12. The van der Waals surface area contributed by atoms with Crippen LogP contribution < -0.4 is 0 Å². The van der Waals surface area contributed by atoms with Crippen LogP contribution in [0, 0.1) is 19.9 Å². The number of para-hydroxylation sites is 1. The van der Waals surface area contributed by atoms with Gasteiger partial charge in [0.2, 0.25) is 0 Å². The maximum absolute atomic E-state index is 11.8. The maximum atomic E-state index is 11.8. The molecule has 0 aliphatic carbocycles. The summed E-state index contributed by atoms with van der Waals surface area (Å²) in [6, 6.07) is 49.3. The Morgan fingerprint density at radius 3 is 1.87 bits per heavy atom. The topological polar surface area (TPSA) is 50.9 Å². The SMILES string of the molecule is Cc1cc(C)c(O)c(-c2nc3c(-c4[c-]c(-c5cc(-c6ccc(C(C)(C)C)cc6)ccn5)cc(C(C)(C)C)c4)cccc3n2-c2ccc(C(C)(C)C)cc2-c2ccccc2)c1.[Pt]. The van der Waals surface area contributed by atoms with Gasteiger partial charge in [0.25, 0.3) is 0 Å². The van der Waals surface area contributed by atoms with Crippen molar-refractivity contribution in [2.24, 2.45) is 0 Å². The molecule has 2 heterocycles. The first-order chi connectivity index (χ1) is 28.4. The Morgan fingerprint density at radius 2 is 1.20 bits per heavy atom. The molecule has 61 heavy (non-hydrogen) atoms. The van der Waals surface area contributed by atoms with Crippen LogP contribution in [-0.4, -0.2) is 19.6 Å². The standard InChI is InChI=1S/C56H56N3O.Pt/c1-35-28-36(2)52(60)47(29-35)53-58-51-45(18-15-19-50(51)59(53)49-25-24-43(55(6,7)8)34-46(49)38-16-13-12-14-17-38)40-30-41(32-44(31-40)56(9,10)11)48-33-39(26-27-57-48)37-20-22-42(23-21-37)54(3,4)5;/h12-29,31-34,60H,1-11H3;/q-1;. The van der Waals surface area contributed by atoms with Gasteiger partial charge in [-0.25, -0.2) is 4.98 Å². The Hall–Kier alpha value is -5.57.